The van der Waals surface area contributed by atoms with Gasteiger partial charge in [0.1, 0.15) is 18.2 Å². The van der Waals surface area contributed by atoms with Crippen LogP contribution in [0.25, 0.3) is 0 Å². The molecule has 0 bridgehead atoms. The van der Waals surface area contributed by atoms with Crippen molar-refractivity contribution < 1.29 is 23.9 Å². The second-order valence-corrected chi connectivity index (χ2v) is 7.24. The number of carbonyl (C=O) groups is 3. The molecule has 0 saturated heterocycles. The van der Waals surface area contributed by atoms with E-state index in [1.54, 1.807) is 20.8 Å². The van der Waals surface area contributed by atoms with Gasteiger partial charge in [0.2, 0.25) is 5.91 Å². The van der Waals surface area contributed by atoms with Gasteiger partial charge in [-0.1, -0.05) is 32.1 Å². The van der Waals surface area contributed by atoms with Gasteiger partial charge in [0.25, 0.3) is 0 Å². The lowest BCUT2D eigenvalue weighted by molar-refractivity contribution is -0.145. The van der Waals surface area contributed by atoms with Crippen LogP contribution in [0.15, 0.2) is 0 Å². The molecule has 24 heavy (non-hydrogen) atoms. The zero-order valence-electron chi connectivity index (χ0n) is 15.1. The lowest BCUT2D eigenvalue weighted by atomic mass is 9.85. The molecule has 0 heterocycles. The van der Waals surface area contributed by atoms with Crippen LogP contribution in [-0.2, 0) is 19.1 Å². The van der Waals surface area contributed by atoms with Crippen molar-refractivity contribution in [2.45, 2.75) is 70.9 Å². The van der Waals surface area contributed by atoms with Crippen LogP contribution in [0.5, 0.6) is 0 Å². The summed E-state index contributed by atoms with van der Waals surface area (Å²) in [6.45, 7) is 4.98. The number of hydrogen-bond donors (Lipinski definition) is 2. The summed E-state index contributed by atoms with van der Waals surface area (Å²) >= 11 is 0. The number of carbonyl (C=O) groups excluding carboxylic acids is 3. The highest BCUT2D eigenvalue weighted by Gasteiger charge is 2.26. The first-order chi connectivity index (χ1) is 11.2. The highest BCUT2D eigenvalue weighted by molar-refractivity contribution is 5.87. The van der Waals surface area contributed by atoms with Gasteiger partial charge in [0.15, 0.2) is 0 Å². The average Bonchev–Trinajstić information content (AvgIpc) is 2.51. The van der Waals surface area contributed by atoms with E-state index in [2.05, 4.69) is 10.6 Å². The molecule has 1 aliphatic carbocycles. The summed E-state index contributed by atoms with van der Waals surface area (Å²) in [5.41, 5.74) is -0.629. The summed E-state index contributed by atoms with van der Waals surface area (Å²) < 4.78 is 9.84. The summed E-state index contributed by atoms with van der Waals surface area (Å²) in [6, 6.07) is -0.675. The molecule has 2 amide bonds. The summed E-state index contributed by atoms with van der Waals surface area (Å²) in [4.78, 5) is 35.4. The summed E-state index contributed by atoms with van der Waals surface area (Å²) in [7, 11) is 1.31. The van der Waals surface area contributed by atoms with Crippen LogP contribution in [0.2, 0.25) is 0 Å². The largest absolute Gasteiger partial charge is 0.467 e. The fraction of sp³-hybridized carbons (Fsp3) is 0.824. The molecule has 7 heteroatoms. The molecule has 0 aromatic heterocycles. The SMILES string of the molecule is COC(=O)C(CC1CCCCC1)NC(=O)CNC(=O)OC(C)(C)C. The van der Waals surface area contributed by atoms with Crippen molar-refractivity contribution in [1.82, 2.24) is 10.6 Å². The fourth-order valence-corrected chi connectivity index (χ4v) is 2.82. The van der Waals surface area contributed by atoms with E-state index in [1.807, 2.05) is 0 Å². The van der Waals surface area contributed by atoms with Gasteiger partial charge in [-0.05, 0) is 33.1 Å². The molecule has 1 fully saturated rings. The highest BCUT2D eigenvalue weighted by Crippen LogP contribution is 2.27. The van der Waals surface area contributed by atoms with Crippen LogP contribution in [0.3, 0.4) is 0 Å². The van der Waals surface area contributed by atoms with Crippen molar-refractivity contribution in [1.29, 1.82) is 0 Å². The zero-order chi connectivity index (χ0) is 18.2. The number of rotatable bonds is 6. The Kier molecular flexibility index (Phi) is 8.01. The second kappa shape index (κ2) is 9.49. The molecule has 2 N–H and O–H groups in total. The van der Waals surface area contributed by atoms with Crippen molar-refractivity contribution in [3.63, 3.8) is 0 Å². The van der Waals surface area contributed by atoms with E-state index >= 15 is 0 Å². The molecule has 1 saturated carbocycles. The predicted octanol–water partition coefficient (Wildman–Crippen LogP) is 2.14. The van der Waals surface area contributed by atoms with Crippen molar-refractivity contribution in [3.8, 4) is 0 Å². The minimum absolute atomic E-state index is 0.243. The van der Waals surface area contributed by atoms with Gasteiger partial charge < -0.3 is 20.1 Å². The highest BCUT2D eigenvalue weighted by atomic mass is 16.6. The maximum absolute atomic E-state index is 12.0. The number of esters is 1. The first-order valence-electron chi connectivity index (χ1n) is 8.55. The van der Waals surface area contributed by atoms with E-state index in [9.17, 15) is 14.4 Å². The molecular formula is C17H30N2O5. The van der Waals surface area contributed by atoms with Gasteiger partial charge in [-0.15, -0.1) is 0 Å². The van der Waals surface area contributed by atoms with Crippen LogP contribution in [0.4, 0.5) is 4.79 Å². The normalized spacial score (nSPS) is 16.8. The first-order valence-corrected chi connectivity index (χ1v) is 8.55. The van der Waals surface area contributed by atoms with Gasteiger partial charge in [-0.2, -0.15) is 0 Å². The van der Waals surface area contributed by atoms with Crippen LogP contribution in [0, 0.1) is 5.92 Å². The van der Waals surface area contributed by atoms with Gasteiger partial charge in [0.05, 0.1) is 7.11 Å². The maximum atomic E-state index is 12.0. The van der Waals surface area contributed by atoms with Crippen molar-refractivity contribution in [3.05, 3.63) is 0 Å². The number of hydrogen-bond acceptors (Lipinski definition) is 5. The lowest BCUT2D eigenvalue weighted by Gasteiger charge is -2.26. The molecule has 7 nitrogen and oxygen atoms in total. The van der Waals surface area contributed by atoms with E-state index in [1.165, 1.54) is 13.5 Å². The Balaban J connectivity index is 2.45. The molecule has 0 aliphatic heterocycles. The second-order valence-electron chi connectivity index (χ2n) is 7.24. The van der Waals surface area contributed by atoms with Crippen molar-refractivity contribution in [2.75, 3.05) is 13.7 Å². The Morgan fingerprint density at radius 2 is 1.75 bits per heavy atom. The van der Waals surface area contributed by atoms with Gasteiger partial charge in [-0.25, -0.2) is 9.59 Å². The van der Waals surface area contributed by atoms with Crippen LogP contribution in [0.1, 0.15) is 59.3 Å². The zero-order valence-corrected chi connectivity index (χ0v) is 15.1. The average molecular weight is 342 g/mol. The van der Waals surface area contributed by atoms with E-state index in [-0.39, 0.29) is 6.54 Å². The predicted molar refractivity (Wildman–Crippen MR) is 89.4 cm³/mol. The number of alkyl carbamates (subject to hydrolysis) is 1. The monoisotopic (exact) mass is 342 g/mol. The summed E-state index contributed by atoms with van der Waals surface area (Å²) in [6.07, 6.45) is 5.59. The number of amides is 2. The van der Waals surface area contributed by atoms with Gasteiger partial charge in [-0.3, -0.25) is 4.79 Å². The van der Waals surface area contributed by atoms with E-state index in [0.717, 1.165) is 25.7 Å². The summed E-state index contributed by atoms with van der Waals surface area (Å²) in [5.74, 6) is -0.472. The minimum atomic E-state index is -0.675. The lowest BCUT2D eigenvalue weighted by Crippen LogP contribution is -2.47. The number of methoxy groups -OCH3 is 1. The summed E-state index contributed by atoms with van der Waals surface area (Å²) in [5, 5.41) is 5.03. The van der Waals surface area contributed by atoms with Crippen LogP contribution in [-0.4, -0.2) is 43.3 Å². The Hall–Kier alpha value is -1.79. The molecule has 1 unspecified atom stereocenters. The van der Waals surface area contributed by atoms with E-state index in [0.29, 0.717) is 12.3 Å². The minimum Gasteiger partial charge on any atom is -0.467 e. The Labute approximate surface area is 143 Å². The third-order valence-electron chi connectivity index (χ3n) is 3.91. The van der Waals surface area contributed by atoms with Crippen LogP contribution >= 0.6 is 0 Å². The van der Waals surface area contributed by atoms with E-state index in [4.69, 9.17) is 9.47 Å². The molecular weight excluding hydrogens is 312 g/mol. The molecule has 1 rings (SSSR count). The van der Waals surface area contributed by atoms with Crippen molar-refractivity contribution >= 4 is 18.0 Å². The number of ether oxygens (including phenoxy) is 2. The molecule has 1 atom stereocenters. The third kappa shape index (κ3) is 8.17. The molecule has 0 spiro atoms. The number of nitrogens with one attached hydrogen (secondary N) is 2. The van der Waals surface area contributed by atoms with Gasteiger partial charge in [0, 0.05) is 0 Å². The molecule has 0 radical (unpaired) electrons. The first kappa shape index (κ1) is 20.3. The molecule has 138 valence electrons. The van der Waals surface area contributed by atoms with Crippen LogP contribution < -0.4 is 10.6 Å². The fourth-order valence-electron chi connectivity index (χ4n) is 2.82. The third-order valence-corrected chi connectivity index (χ3v) is 3.91. The Morgan fingerprint density at radius 3 is 2.29 bits per heavy atom. The smallest absolute Gasteiger partial charge is 0.408 e. The topological polar surface area (TPSA) is 93.7 Å². The molecule has 0 aromatic rings. The van der Waals surface area contributed by atoms with Crippen molar-refractivity contribution in [2.24, 2.45) is 5.92 Å². The molecule has 0 aromatic carbocycles. The Morgan fingerprint density at radius 1 is 1.12 bits per heavy atom. The van der Waals surface area contributed by atoms with E-state index < -0.39 is 29.6 Å². The van der Waals surface area contributed by atoms with Gasteiger partial charge >= 0.3 is 12.1 Å². The molecule has 1 aliphatic rings. The Bertz CT molecular complexity index is 439. The maximum Gasteiger partial charge on any atom is 0.408 e. The quantitative estimate of drug-likeness (QED) is 0.721. The standard InChI is InChI=1S/C17H30N2O5/c1-17(2,3)24-16(22)18-11-14(20)19-13(15(21)23-4)10-12-8-6-5-7-9-12/h12-13H,5-11H2,1-4H3,(H,18,22)(H,19,20).